The monoisotopic (exact) mass is 368 g/mol. The molecule has 0 radical (unpaired) electrons. The summed E-state index contributed by atoms with van der Waals surface area (Å²) in [6, 6.07) is 11.7. The van der Waals surface area contributed by atoms with E-state index in [2.05, 4.69) is 5.32 Å². The first-order chi connectivity index (χ1) is 12.9. The Kier molecular flexibility index (Phi) is 5.40. The van der Waals surface area contributed by atoms with Gasteiger partial charge in [0, 0.05) is 30.4 Å². The Hall–Kier alpha value is -3.35. The fourth-order valence-corrected chi connectivity index (χ4v) is 2.94. The quantitative estimate of drug-likeness (QED) is 0.817. The predicted octanol–water partition coefficient (Wildman–Crippen LogP) is 2.84. The predicted molar refractivity (Wildman–Crippen MR) is 100 cm³/mol. The molecule has 140 valence electrons. The molecule has 0 unspecified atom stereocenters. The average Bonchev–Trinajstić information content (AvgIpc) is 3.07. The molecular weight excluding hydrogens is 348 g/mol. The molecule has 2 aromatic rings. The van der Waals surface area contributed by atoms with Crippen LogP contribution in [0.25, 0.3) is 0 Å². The lowest BCUT2D eigenvalue weighted by molar-refractivity contribution is -0.118. The van der Waals surface area contributed by atoms with E-state index >= 15 is 0 Å². The van der Waals surface area contributed by atoms with Gasteiger partial charge in [-0.15, -0.1) is 0 Å². The van der Waals surface area contributed by atoms with Gasteiger partial charge in [-0.2, -0.15) is 0 Å². The number of hydrogen-bond acceptors (Lipinski definition) is 4. The number of benzene rings is 2. The third kappa shape index (κ3) is 4.44. The Labute approximate surface area is 156 Å². The molecule has 3 rings (SSSR count). The van der Waals surface area contributed by atoms with Crippen molar-refractivity contribution >= 4 is 29.2 Å². The standard InChI is InChI=1S/C20H20N2O5/c1-13-7-8-14(10-17(13)20(25)26)21-18(23)12-27-16-5-2-4-15(11-16)22-9-3-6-19(22)24/h2,4-5,7-8,10-11H,3,6,9,12H2,1H3,(H,21,23)(H,25,26). The van der Waals surface area contributed by atoms with Crippen molar-refractivity contribution in [1.82, 2.24) is 0 Å². The normalized spacial score (nSPS) is 13.5. The molecule has 7 nitrogen and oxygen atoms in total. The molecule has 7 heteroatoms. The number of carbonyl (C=O) groups excluding carboxylic acids is 2. The number of carbonyl (C=O) groups is 3. The topological polar surface area (TPSA) is 95.9 Å². The summed E-state index contributed by atoms with van der Waals surface area (Å²) < 4.78 is 5.51. The molecule has 27 heavy (non-hydrogen) atoms. The van der Waals surface area contributed by atoms with Crippen molar-refractivity contribution in [3.05, 3.63) is 53.6 Å². The number of amides is 2. The third-order valence-electron chi connectivity index (χ3n) is 4.32. The maximum Gasteiger partial charge on any atom is 0.336 e. The smallest absolute Gasteiger partial charge is 0.336 e. The molecule has 0 atom stereocenters. The molecule has 2 aromatic carbocycles. The lowest BCUT2D eigenvalue weighted by atomic mass is 10.1. The van der Waals surface area contributed by atoms with Crippen LogP contribution in [0.4, 0.5) is 11.4 Å². The van der Waals surface area contributed by atoms with Gasteiger partial charge in [-0.1, -0.05) is 12.1 Å². The average molecular weight is 368 g/mol. The zero-order valence-electron chi connectivity index (χ0n) is 14.9. The number of nitrogens with zero attached hydrogens (tertiary/aromatic N) is 1. The van der Waals surface area contributed by atoms with Crippen LogP contribution in [0, 0.1) is 6.92 Å². The second-order valence-corrected chi connectivity index (χ2v) is 6.32. The molecule has 1 heterocycles. The van der Waals surface area contributed by atoms with E-state index in [0.717, 1.165) is 12.1 Å². The SMILES string of the molecule is Cc1ccc(NC(=O)COc2cccc(N3CCCC3=O)c2)cc1C(=O)O. The summed E-state index contributed by atoms with van der Waals surface area (Å²) in [7, 11) is 0. The molecule has 1 saturated heterocycles. The van der Waals surface area contributed by atoms with Crippen LogP contribution in [0.15, 0.2) is 42.5 Å². The van der Waals surface area contributed by atoms with Crippen molar-refractivity contribution in [2.24, 2.45) is 0 Å². The van der Waals surface area contributed by atoms with Gasteiger partial charge in [-0.05, 0) is 43.2 Å². The molecule has 0 saturated carbocycles. The van der Waals surface area contributed by atoms with Crippen LogP contribution in [0.2, 0.25) is 0 Å². The Balaban J connectivity index is 1.60. The number of hydrogen-bond donors (Lipinski definition) is 2. The van der Waals surface area contributed by atoms with E-state index in [1.165, 1.54) is 6.07 Å². The van der Waals surface area contributed by atoms with Crippen molar-refractivity contribution in [2.45, 2.75) is 19.8 Å². The Bertz CT molecular complexity index is 894. The summed E-state index contributed by atoms with van der Waals surface area (Å²) in [5.41, 5.74) is 1.89. The molecular formula is C20H20N2O5. The number of anilines is 2. The van der Waals surface area contributed by atoms with Crippen molar-refractivity contribution in [2.75, 3.05) is 23.4 Å². The van der Waals surface area contributed by atoms with Crippen LogP contribution in [-0.4, -0.2) is 36.0 Å². The summed E-state index contributed by atoms with van der Waals surface area (Å²) in [5.74, 6) is -0.887. The number of ether oxygens (including phenoxy) is 1. The third-order valence-corrected chi connectivity index (χ3v) is 4.32. The first kappa shape index (κ1) is 18.4. The molecule has 1 aliphatic rings. The van der Waals surface area contributed by atoms with E-state index in [1.807, 2.05) is 6.07 Å². The minimum Gasteiger partial charge on any atom is -0.484 e. The second kappa shape index (κ2) is 7.90. The molecule has 0 aliphatic carbocycles. The van der Waals surface area contributed by atoms with Crippen LogP contribution < -0.4 is 15.0 Å². The van der Waals surface area contributed by atoms with Gasteiger partial charge in [-0.25, -0.2) is 4.79 Å². The molecule has 2 N–H and O–H groups in total. The Morgan fingerprint density at radius 2 is 2.04 bits per heavy atom. The number of rotatable bonds is 6. The van der Waals surface area contributed by atoms with Crippen molar-refractivity contribution in [3.8, 4) is 5.75 Å². The Morgan fingerprint density at radius 1 is 1.22 bits per heavy atom. The summed E-state index contributed by atoms with van der Waals surface area (Å²) in [5, 5.41) is 11.8. The first-order valence-electron chi connectivity index (χ1n) is 8.61. The van der Waals surface area contributed by atoms with Crippen LogP contribution in [0.1, 0.15) is 28.8 Å². The molecule has 0 aromatic heterocycles. The minimum atomic E-state index is -1.05. The highest BCUT2D eigenvalue weighted by molar-refractivity contribution is 5.96. The fraction of sp³-hybridized carbons (Fsp3) is 0.250. The van der Waals surface area contributed by atoms with Crippen LogP contribution >= 0.6 is 0 Å². The van der Waals surface area contributed by atoms with E-state index in [-0.39, 0.29) is 18.1 Å². The maximum atomic E-state index is 12.1. The fourth-order valence-electron chi connectivity index (χ4n) is 2.94. The van der Waals surface area contributed by atoms with E-state index in [1.54, 1.807) is 42.2 Å². The maximum absolute atomic E-state index is 12.1. The summed E-state index contributed by atoms with van der Waals surface area (Å²) in [4.78, 5) is 36.8. The van der Waals surface area contributed by atoms with Gasteiger partial charge in [-0.3, -0.25) is 9.59 Å². The summed E-state index contributed by atoms with van der Waals surface area (Å²) in [6.45, 7) is 2.14. The molecule has 1 fully saturated rings. The zero-order valence-corrected chi connectivity index (χ0v) is 14.9. The van der Waals surface area contributed by atoms with Crippen LogP contribution in [0.3, 0.4) is 0 Å². The highest BCUT2D eigenvalue weighted by Gasteiger charge is 2.21. The van der Waals surface area contributed by atoms with Gasteiger partial charge >= 0.3 is 5.97 Å². The summed E-state index contributed by atoms with van der Waals surface area (Å²) >= 11 is 0. The molecule has 1 aliphatic heterocycles. The zero-order chi connectivity index (χ0) is 19.4. The molecule has 0 spiro atoms. The number of carboxylic acids is 1. The highest BCUT2D eigenvalue weighted by Crippen LogP contribution is 2.25. The lowest BCUT2D eigenvalue weighted by Crippen LogP contribution is -2.24. The van der Waals surface area contributed by atoms with E-state index < -0.39 is 11.9 Å². The van der Waals surface area contributed by atoms with Crippen molar-refractivity contribution < 1.29 is 24.2 Å². The van der Waals surface area contributed by atoms with E-state index in [4.69, 9.17) is 9.84 Å². The van der Waals surface area contributed by atoms with Crippen LogP contribution in [-0.2, 0) is 9.59 Å². The van der Waals surface area contributed by atoms with Gasteiger partial charge < -0.3 is 20.1 Å². The molecule has 0 bridgehead atoms. The number of nitrogens with one attached hydrogen (secondary N) is 1. The van der Waals surface area contributed by atoms with Gasteiger partial charge in [0.15, 0.2) is 6.61 Å². The van der Waals surface area contributed by atoms with Crippen molar-refractivity contribution in [3.63, 3.8) is 0 Å². The lowest BCUT2D eigenvalue weighted by Gasteiger charge is -2.16. The number of carboxylic acid groups (broad SMARTS) is 1. The summed E-state index contributed by atoms with van der Waals surface area (Å²) in [6.07, 6.45) is 1.38. The minimum absolute atomic E-state index is 0.0819. The number of aryl methyl sites for hydroxylation is 1. The number of aromatic carboxylic acids is 1. The van der Waals surface area contributed by atoms with Gasteiger partial charge in [0.25, 0.3) is 5.91 Å². The second-order valence-electron chi connectivity index (χ2n) is 6.32. The van der Waals surface area contributed by atoms with E-state index in [9.17, 15) is 14.4 Å². The first-order valence-corrected chi connectivity index (χ1v) is 8.61. The van der Waals surface area contributed by atoms with Crippen molar-refractivity contribution in [1.29, 1.82) is 0 Å². The largest absolute Gasteiger partial charge is 0.484 e. The van der Waals surface area contributed by atoms with Crippen LogP contribution in [0.5, 0.6) is 5.75 Å². The van der Waals surface area contributed by atoms with Gasteiger partial charge in [0.1, 0.15) is 5.75 Å². The molecule has 2 amide bonds. The highest BCUT2D eigenvalue weighted by atomic mass is 16.5. The van der Waals surface area contributed by atoms with Gasteiger partial charge in [0.2, 0.25) is 5.91 Å². The Morgan fingerprint density at radius 3 is 2.74 bits per heavy atom. The van der Waals surface area contributed by atoms with E-state index in [0.29, 0.717) is 30.0 Å². The van der Waals surface area contributed by atoms with Gasteiger partial charge in [0.05, 0.1) is 5.56 Å².